The highest BCUT2D eigenvalue weighted by Gasteiger charge is 2.03. The molecule has 90 valence electrons. The highest BCUT2D eigenvalue weighted by molar-refractivity contribution is 5.59. The van der Waals surface area contributed by atoms with Crippen molar-refractivity contribution in [1.82, 2.24) is 0 Å². The molecule has 0 spiro atoms. The van der Waals surface area contributed by atoms with Crippen LogP contribution in [0.5, 0.6) is 11.5 Å². The van der Waals surface area contributed by atoms with Crippen LogP contribution in [0, 0.1) is 0 Å². The van der Waals surface area contributed by atoms with Crippen LogP contribution in [0.2, 0.25) is 0 Å². The summed E-state index contributed by atoms with van der Waals surface area (Å²) < 4.78 is 15.6. The number of ether oxygens (including phenoxy) is 3. The first-order chi connectivity index (χ1) is 7.81. The summed E-state index contributed by atoms with van der Waals surface area (Å²) in [4.78, 5) is 0. The van der Waals surface area contributed by atoms with Crippen LogP contribution in [0.15, 0.2) is 18.2 Å². The zero-order valence-electron chi connectivity index (χ0n) is 10.1. The Morgan fingerprint density at radius 1 is 1.19 bits per heavy atom. The molecule has 1 rings (SSSR count). The molecule has 0 aliphatic heterocycles. The lowest BCUT2D eigenvalue weighted by molar-refractivity contribution is 0.158. The molecule has 0 aliphatic rings. The molecule has 1 N–H and O–H groups in total. The van der Waals surface area contributed by atoms with Gasteiger partial charge in [0.05, 0.1) is 26.5 Å². The Bertz CT molecular complexity index is 315. The lowest BCUT2D eigenvalue weighted by Crippen LogP contribution is -2.10. The number of benzene rings is 1. The Morgan fingerprint density at radius 2 is 2.00 bits per heavy atom. The van der Waals surface area contributed by atoms with Gasteiger partial charge in [0, 0.05) is 19.2 Å². The van der Waals surface area contributed by atoms with E-state index in [9.17, 15) is 0 Å². The highest BCUT2D eigenvalue weighted by Crippen LogP contribution is 2.28. The van der Waals surface area contributed by atoms with Crippen molar-refractivity contribution in [2.45, 2.75) is 6.92 Å². The number of rotatable bonds is 7. The zero-order valence-corrected chi connectivity index (χ0v) is 10.1. The van der Waals surface area contributed by atoms with Crippen molar-refractivity contribution in [2.24, 2.45) is 0 Å². The van der Waals surface area contributed by atoms with Crippen LogP contribution in [0.25, 0.3) is 0 Å². The summed E-state index contributed by atoms with van der Waals surface area (Å²) in [5.74, 6) is 1.61. The van der Waals surface area contributed by atoms with E-state index in [1.807, 2.05) is 25.1 Å². The molecule has 0 saturated heterocycles. The average Bonchev–Trinajstić information content (AvgIpc) is 2.34. The highest BCUT2D eigenvalue weighted by atomic mass is 16.5. The van der Waals surface area contributed by atoms with Gasteiger partial charge in [0.1, 0.15) is 11.5 Å². The second-order valence-corrected chi connectivity index (χ2v) is 3.19. The summed E-state index contributed by atoms with van der Waals surface area (Å²) in [7, 11) is 3.29. The van der Waals surface area contributed by atoms with E-state index in [0.29, 0.717) is 6.61 Å². The molecule has 0 radical (unpaired) electrons. The summed E-state index contributed by atoms with van der Waals surface area (Å²) in [6.45, 7) is 4.14. The van der Waals surface area contributed by atoms with Crippen LogP contribution in [-0.4, -0.2) is 34.0 Å². The fourth-order valence-electron chi connectivity index (χ4n) is 1.35. The van der Waals surface area contributed by atoms with E-state index < -0.39 is 0 Å². The van der Waals surface area contributed by atoms with E-state index in [0.717, 1.165) is 30.3 Å². The molecular formula is C12H19NO3. The lowest BCUT2D eigenvalue weighted by Gasteiger charge is -2.12. The molecule has 0 unspecified atom stereocenters. The number of hydrogen-bond acceptors (Lipinski definition) is 4. The maximum absolute atomic E-state index is 5.25. The van der Waals surface area contributed by atoms with Gasteiger partial charge in [-0.25, -0.2) is 0 Å². The van der Waals surface area contributed by atoms with Crippen molar-refractivity contribution >= 4 is 5.69 Å². The second-order valence-electron chi connectivity index (χ2n) is 3.19. The normalized spacial score (nSPS) is 9.94. The van der Waals surface area contributed by atoms with Crippen molar-refractivity contribution < 1.29 is 14.2 Å². The predicted molar refractivity (Wildman–Crippen MR) is 64.5 cm³/mol. The van der Waals surface area contributed by atoms with E-state index in [4.69, 9.17) is 14.2 Å². The van der Waals surface area contributed by atoms with E-state index >= 15 is 0 Å². The van der Waals surface area contributed by atoms with Gasteiger partial charge in [-0.3, -0.25) is 0 Å². The van der Waals surface area contributed by atoms with Gasteiger partial charge in [-0.2, -0.15) is 0 Å². The summed E-state index contributed by atoms with van der Waals surface area (Å²) in [6.07, 6.45) is 0. The molecular weight excluding hydrogens is 206 g/mol. The van der Waals surface area contributed by atoms with Gasteiger partial charge in [0.25, 0.3) is 0 Å². The third-order valence-corrected chi connectivity index (χ3v) is 2.17. The van der Waals surface area contributed by atoms with Crippen molar-refractivity contribution in [3.05, 3.63) is 18.2 Å². The third-order valence-electron chi connectivity index (χ3n) is 2.17. The van der Waals surface area contributed by atoms with Gasteiger partial charge in [0.15, 0.2) is 0 Å². The van der Waals surface area contributed by atoms with E-state index in [2.05, 4.69) is 5.32 Å². The molecule has 0 fully saturated rings. The smallest absolute Gasteiger partial charge is 0.142 e. The van der Waals surface area contributed by atoms with Gasteiger partial charge in [-0.15, -0.1) is 0 Å². The largest absolute Gasteiger partial charge is 0.497 e. The number of anilines is 1. The Hall–Kier alpha value is -1.42. The molecule has 0 heterocycles. The minimum atomic E-state index is 0.677. The summed E-state index contributed by atoms with van der Waals surface area (Å²) in [5.41, 5.74) is 0.918. The van der Waals surface area contributed by atoms with E-state index in [-0.39, 0.29) is 0 Å². The standard InChI is InChI=1S/C12H19NO3/c1-4-16-8-7-13-11-9-10(14-2)5-6-12(11)15-3/h5-6,9,13H,4,7-8H2,1-3H3. The van der Waals surface area contributed by atoms with Gasteiger partial charge < -0.3 is 19.5 Å². The van der Waals surface area contributed by atoms with Crippen molar-refractivity contribution in [1.29, 1.82) is 0 Å². The topological polar surface area (TPSA) is 39.7 Å². The zero-order chi connectivity index (χ0) is 11.8. The van der Waals surface area contributed by atoms with Crippen LogP contribution < -0.4 is 14.8 Å². The first kappa shape index (κ1) is 12.6. The Morgan fingerprint density at radius 3 is 2.62 bits per heavy atom. The molecule has 1 aromatic carbocycles. The molecule has 0 amide bonds. The van der Waals surface area contributed by atoms with Crippen LogP contribution in [0.1, 0.15) is 6.92 Å². The summed E-state index contributed by atoms with van der Waals surface area (Å²) >= 11 is 0. The van der Waals surface area contributed by atoms with Gasteiger partial charge in [-0.1, -0.05) is 0 Å². The molecule has 1 aromatic rings. The Kier molecular flexibility index (Phi) is 5.50. The fourth-order valence-corrected chi connectivity index (χ4v) is 1.35. The van der Waals surface area contributed by atoms with Crippen molar-refractivity contribution in [3.8, 4) is 11.5 Å². The summed E-state index contributed by atoms with van der Waals surface area (Å²) in [5, 5.41) is 3.24. The first-order valence-electron chi connectivity index (χ1n) is 5.35. The van der Waals surface area contributed by atoms with Gasteiger partial charge >= 0.3 is 0 Å². The van der Waals surface area contributed by atoms with Crippen LogP contribution in [0.4, 0.5) is 5.69 Å². The van der Waals surface area contributed by atoms with Crippen LogP contribution >= 0.6 is 0 Å². The number of hydrogen-bond donors (Lipinski definition) is 1. The number of nitrogens with one attached hydrogen (secondary N) is 1. The summed E-state index contributed by atoms with van der Waals surface area (Å²) in [6, 6.07) is 5.65. The van der Waals surface area contributed by atoms with E-state index in [1.165, 1.54) is 0 Å². The quantitative estimate of drug-likeness (QED) is 0.722. The average molecular weight is 225 g/mol. The van der Waals surface area contributed by atoms with Crippen molar-refractivity contribution in [2.75, 3.05) is 39.3 Å². The van der Waals surface area contributed by atoms with E-state index in [1.54, 1.807) is 14.2 Å². The molecule has 0 atom stereocenters. The monoisotopic (exact) mass is 225 g/mol. The minimum absolute atomic E-state index is 0.677. The lowest BCUT2D eigenvalue weighted by atomic mass is 10.2. The molecule has 16 heavy (non-hydrogen) atoms. The maximum Gasteiger partial charge on any atom is 0.142 e. The van der Waals surface area contributed by atoms with Gasteiger partial charge in [0.2, 0.25) is 0 Å². The SMILES string of the molecule is CCOCCNc1cc(OC)ccc1OC. The molecule has 0 aromatic heterocycles. The molecule has 4 nitrogen and oxygen atoms in total. The minimum Gasteiger partial charge on any atom is -0.497 e. The van der Waals surface area contributed by atoms with Crippen LogP contribution in [-0.2, 0) is 4.74 Å². The molecule has 0 aliphatic carbocycles. The second kappa shape index (κ2) is 6.95. The number of methoxy groups -OCH3 is 2. The first-order valence-corrected chi connectivity index (χ1v) is 5.35. The third kappa shape index (κ3) is 3.62. The van der Waals surface area contributed by atoms with Crippen molar-refractivity contribution in [3.63, 3.8) is 0 Å². The fraction of sp³-hybridized carbons (Fsp3) is 0.500. The van der Waals surface area contributed by atoms with Crippen LogP contribution in [0.3, 0.4) is 0 Å². The predicted octanol–water partition coefficient (Wildman–Crippen LogP) is 2.15. The molecule has 4 heteroatoms. The Balaban J connectivity index is 2.60. The maximum atomic E-state index is 5.25. The Labute approximate surface area is 96.5 Å². The van der Waals surface area contributed by atoms with Gasteiger partial charge in [-0.05, 0) is 19.1 Å². The molecule has 0 bridgehead atoms. The molecule has 0 saturated carbocycles.